The van der Waals surface area contributed by atoms with Crippen LogP contribution in [0, 0.1) is 0 Å². The van der Waals surface area contributed by atoms with Crippen molar-refractivity contribution in [3.63, 3.8) is 0 Å². The Balaban J connectivity index is 2.50. The standard InChI is InChI=1S/C9H6F3N3O/c10-9(11,12)8-14-6-2-1-5(13-4-16)3-7(6)15-8/h1-4H,(H,13,16)(H,14,15). The summed E-state index contributed by atoms with van der Waals surface area (Å²) in [5, 5.41) is 2.34. The molecule has 4 nitrogen and oxygen atoms in total. The summed E-state index contributed by atoms with van der Waals surface area (Å²) in [5.74, 6) is -1.05. The third-order valence-corrected chi connectivity index (χ3v) is 1.98. The highest BCUT2D eigenvalue weighted by molar-refractivity contribution is 5.83. The monoisotopic (exact) mass is 229 g/mol. The normalized spacial score (nSPS) is 11.7. The molecule has 0 atom stereocenters. The van der Waals surface area contributed by atoms with E-state index in [4.69, 9.17) is 0 Å². The maximum absolute atomic E-state index is 12.3. The molecule has 0 saturated heterocycles. The van der Waals surface area contributed by atoms with E-state index in [1.165, 1.54) is 18.2 Å². The van der Waals surface area contributed by atoms with Gasteiger partial charge < -0.3 is 10.3 Å². The third-order valence-electron chi connectivity index (χ3n) is 1.98. The Morgan fingerprint density at radius 1 is 1.38 bits per heavy atom. The van der Waals surface area contributed by atoms with Gasteiger partial charge in [0.2, 0.25) is 12.2 Å². The third kappa shape index (κ3) is 1.83. The summed E-state index contributed by atoms with van der Waals surface area (Å²) in [6, 6.07) is 4.25. The number of carbonyl (C=O) groups excluding carboxylic acids is 1. The van der Waals surface area contributed by atoms with Crippen LogP contribution in [0.2, 0.25) is 0 Å². The average molecular weight is 229 g/mol. The lowest BCUT2D eigenvalue weighted by Crippen LogP contribution is -2.06. The van der Waals surface area contributed by atoms with Crippen LogP contribution in [0.25, 0.3) is 11.0 Å². The summed E-state index contributed by atoms with van der Waals surface area (Å²) in [4.78, 5) is 15.7. The van der Waals surface area contributed by atoms with Crippen LogP contribution in [-0.4, -0.2) is 16.4 Å². The summed E-state index contributed by atoms with van der Waals surface area (Å²) in [6.07, 6.45) is -4.06. The van der Waals surface area contributed by atoms with Crippen molar-refractivity contribution in [3.8, 4) is 0 Å². The van der Waals surface area contributed by atoms with Crippen molar-refractivity contribution in [3.05, 3.63) is 24.0 Å². The lowest BCUT2D eigenvalue weighted by atomic mass is 10.3. The number of hydrogen-bond acceptors (Lipinski definition) is 2. The Morgan fingerprint density at radius 2 is 2.12 bits per heavy atom. The fourth-order valence-corrected chi connectivity index (χ4v) is 1.30. The van der Waals surface area contributed by atoms with Crippen molar-refractivity contribution in [1.29, 1.82) is 0 Å². The largest absolute Gasteiger partial charge is 0.449 e. The molecule has 0 aliphatic rings. The van der Waals surface area contributed by atoms with Gasteiger partial charge in [0, 0.05) is 5.69 Å². The SMILES string of the molecule is O=CNc1ccc2nc(C(F)(F)F)[nH]c2c1. The van der Waals surface area contributed by atoms with Gasteiger partial charge in [-0.15, -0.1) is 0 Å². The minimum atomic E-state index is -4.50. The molecule has 2 rings (SSSR count). The molecule has 2 N–H and O–H groups in total. The molecular weight excluding hydrogens is 223 g/mol. The first kappa shape index (κ1) is 10.5. The van der Waals surface area contributed by atoms with Gasteiger partial charge in [0.05, 0.1) is 11.0 Å². The van der Waals surface area contributed by atoms with E-state index in [0.717, 1.165) is 0 Å². The molecule has 7 heteroatoms. The first-order valence-corrected chi connectivity index (χ1v) is 4.28. The van der Waals surface area contributed by atoms with Crippen LogP contribution in [0.4, 0.5) is 18.9 Å². The average Bonchev–Trinajstić information content (AvgIpc) is 2.60. The molecule has 0 aliphatic heterocycles. The number of rotatable bonds is 2. The molecule has 1 heterocycles. The fourth-order valence-electron chi connectivity index (χ4n) is 1.30. The van der Waals surface area contributed by atoms with Crippen LogP contribution in [0.1, 0.15) is 5.82 Å². The quantitative estimate of drug-likeness (QED) is 0.775. The second-order valence-corrected chi connectivity index (χ2v) is 3.08. The van der Waals surface area contributed by atoms with Crippen LogP contribution >= 0.6 is 0 Å². The highest BCUT2D eigenvalue weighted by Gasteiger charge is 2.34. The number of alkyl halides is 3. The van der Waals surface area contributed by atoms with E-state index < -0.39 is 12.0 Å². The fraction of sp³-hybridized carbons (Fsp3) is 0.111. The van der Waals surface area contributed by atoms with Crippen molar-refractivity contribution in [1.82, 2.24) is 9.97 Å². The van der Waals surface area contributed by atoms with Crippen LogP contribution < -0.4 is 5.32 Å². The van der Waals surface area contributed by atoms with E-state index in [9.17, 15) is 18.0 Å². The molecule has 16 heavy (non-hydrogen) atoms. The second kappa shape index (κ2) is 3.51. The molecule has 0 radical (unpaired) electrons. The van der Waals surface area contributed by atoms with Crippen molar-refractivity contribution >= 4 is 23.1 Å². The second-order valence-electron chi connectivity index (χ2n) is 3.08. The van der Waals surface area contributed by atoms with E-state index >= 15 is 0 Å². The number of aromatic nitrogens is 2. The predicted molar refractivity (Wildman–Crippen MR) is 50.8 cm³/mol. The van der Waals surface area contributed by atoms with Gasteiger partial charge in [-0.1, -0.05) is 0 Å². The zero-order valence-corrected chi connectivity index (χ0v) is 7.80. The number of hydrogen-bond donors (Lipinski definition) is 2. The topological polar surface area (TPSA) is 57.8 Å². The molecule has 0 bridgehead atoms. The Labute approximate surface area is 87.5 Å². The lowest BCUT2D eigenvalue weighted by Gasteiger charge is -1.99. The molecule has 1 amide bonds. The van der Waals surface area contributed by atoms with Gasteiger partial charge in [0.15, 0.2) is 0 Å². The minimum Gasteiger partial charge on any atom is -0.334 e. The minimum absolute atomic E-state index is 0.198. The number of amides is 1. The van der Waals surface area contributed by atoms with Crippen molar-refractivity contribution in [2.75, 3.05) is 5.32 Å². The number of H-pyrrole nitrogens is 1. The molecule has 0 aliphatic carbocycles. The first-order valence-electron chi connectivity index (χ1n) is 4.28. The first-order chi connectivity index (χ1) is 7.50. The number of nitrogens with one attached hydrogen (secondary N) is 2. The molecule has 0 spiro atoms. The number of nitrogens with zero attached hydrogens (tertiary/aromatic N) is 1. The number of aromatic amines is 1. The summed E-state index contributed by atoms with van der Waals surface area (Å²) in [7, 11) is 0. The van der Waals surface area contributed by atoms with Crippen molar-refractivity contribution < 1.29 is 18.0 Å². The van der Waals surface area contributed by atoms with Crippen LogP contribution in [0.3, 0.4) is 0 Å². The summed E-state index contributed by atoms with van der Waals surface area (Å²) < 4.78 is 36.9. The molecule has 0 saturated carbocycles. The van der Waals surface area contributed by atoms with Crippen LogP contribution in [0.5, 0.6) is 0 Å². The van der Waals surface area contributed by atoms with Gasteiger partial charge >= 0.3 is 6.18 Å². The van der Waals surface area contributed by atoms with E-state index in [-0.39, 0.29) is 11.0 Å². The van der Waals surface area contributed by atoms with Gasteiger partial charge in [0.25, 0.3) is 0 Å². The number of benzene rings is 1. The number of carbonyl (C=O) groups is 1. The summed E-state index contributed by atoms with van der Waals surface area (Å²) in [6.45, 7) is 0. The van der Waals surface area contributed by atoms with Gasteiger partial charge in [-0.05, 0) is 18.2 Å². The summed E-state index contributed by atoms with van der Waals surface area (Å²) >= 11 is 0. The molecular formula is C9H6F3N3O. The molecule has 84 valence electrons. The van der Waals surface area contributed by atoms with E-state index in [1.807, 2.05) is 0 Å². The maximum atomic E-state index is 12.3. The highest BCUT2D eigenvalue weighted by Crippen LogP contribution is 2.29. The highest BCUT2D eigenvalue weighted by atomic mass is 19.4. The number of anilines is 1. The van der Waals surface area contributed by atoms with Gasteiger partial charge in [-0.2, -0.15) is 13.2 Å². The van der Waals surface area contributed by atoms with Crippen molar-refractivity contribution in [2.45, 2.75) is 6.18 Å². The maximum Gasteiger partial charge on any atom is 0.449 e. The summed E-state index contributed by atoms with van der Waals surface area (Å²) in [5.41, 5.74) is 0.822. The predicted octanol–water partition coefficient (Wildman–Crippen LogP) is 2.15. The molecule has 2 aromatic rings. The zero-order valence-electron chi connectivity index (χ0n) is 7.80. The Morgan fingerprint density at radius 3 is 2.75 bits per heavy atom. The molecule has 1 aromatic carbocycles. The van der Waals surface area contributed by atoms with E-state index in [1.54, 1.807) is 0 Å². The van der Waals surface area contributed by atoms with Crippen molar-refractivity contribution in [2.24, 2.45) is 0 Å². The van der Waals surface area contributed by atoms with E-state index in [2.05, 4.69) is 15.3 Å². The van der Waals surface area contributed by atoms with Crippen LogP contribution in [-0.2, 0) is 11.0 Å². The smallest absolute Gasteiger partial charge is 0.334 e. The van der Waals surface area contributed by atoms with Gasteiger partial charge in [-0.3, -0.25) is 4.79 Å². The Bertz CT molecular complexity index is 532. The Kier molecular flexibility index (Phi) is 2.30. The van der Waals surface area contributed by atoms with Crippen LogP contribution in [0.15, 0.2) is 18.2 Å². The van der Waals surface area contributed by atoms with Gasteiger partial charge in [-0.25, -0.2) is 4.98 Å². The number of halogens is 3. The molecule has 1 aromatic heterocycles. The number of imidazole rings is 1. The molecule has 0 fully saturated rings. The Hall–Kier alpha value is -2.05. The lowest BCUT2D eigenvalue weighted by molar-refractivity contribution is -0.144. The number of fused-ring (bicyclic) bond motifs is 1. The zero-order chi connectivity index (χ0) is 11.8. The van der Waals surface area contributed by atoms with Gasteiger partial charge in [0.1, 0.15) is 0 Å². The molecule has 0 unspecified atom stereocenters. The van der Waals surface area contributed by atoms with E-state index in [0.29, 0.717) is 12.1 Å².